The van der Waals surface area contributed by atoms with Crippen molar-refractivity contribution >= 4 is 39.1 Å². The summed E-state index contributed by atoms with van der Waals surface area (Å²) in [7, 11) is -3.85. The molecule has 148 valence electrons. The van der Waals surface area contributed by atoms with Gasteiger partial charge in [-0.1, -0.05) is 11.6 Å². The Hall–Kier alpha value is -2.46. The lowest BCUT2D eigenvalue weighted by Gasteiger charge is -2.26. The second-order valence-electron chi connectivity index (χ2n) is 6.06. The monoisotopic (exact) mass is 423 g/mol. The van der Waals surface area contributed by atoms with E-state index >= 15 is 0 Å². The van der Waals surface area contributed by atoms with Crippen LogP contribution < -0.4 is 11.1 Å². The van der Waals surface area contributed by atoms with E-state index in [0.29, 0.717) is 24.5 Å². The number of amides is 2. The van der Waals surface area contributed by atoms with Crippen molar-refractivity contribution in [2.24, 2.45) is 5.73 Å². The topological polar surface area (TPSA) is 119 Å². The summed E-state index contributed by atoms with van der Waals surface area (Å²) in [5.41, 5.74) is 6.06. The highest BCUT2D eigenvalue weighted by molar-refractivity contribution is 7.89. The number of morpholine rings is 1. The molecule has 28 heavy (non-hydrogen) atoms. The summed E-state index contributed by atoms with van der Waals surface area (Å²) in [5.74, 6) is -1.09. The van der Waals surface area contributed by atoms with Crippen LogP contribution in [0.3, 0.4) is 0 Å². The van der Waals surface area contributed by atoms with Crippen molar-refractivity contribution in [2.45, 2.75) is 4.90 Å². The molecule has 0 spiro atoms. The van der Waals surface area contributed by atoms with Crippen LogP contribution in [0.15, 0.2) is 47.4 Å². The molecule has 0 atom stereocenters. The highest BCUT2D eigenvalue weighted by atomic mass is 35.5. The highest BCUT2D eigenvalue weighted by Crippen LogP contribution is 2.27. The first-order valence-corrected chi connectivity index (χ1v) is 10.2. The molecule has 0 saturated carbocycles. The number of sulfonamides is 1. The summed E-state index contributed by atoms with van der Waals surface area (Å²) in [5, 5.41) is 2.68. The van der Waals surface area contributed by atoms with Gasteiger partial charge >= 0.3 is 0 Å². The van der Waals surface area contributed by atoms with Crippen molar-refractivity contribution in [3.8, 4) is 0 Å². The Morgan fingerprint density at radius 1 is 1.04 bits per heavy atom. The van der Waals surface area contributed by atoms with Gasteiger partial charge in [0.25, 0.3) is 5.91 Å². The molecule has 2 amide bonds. The molecule has 2 aromatic rings. The third-order valence-electron chi connectivity index (χ3n) is 4.21. The number of nitrogens with two attached hydrogens (primary N) is 1. The van der Waals surface area contributed by atoms with Crippen molar-refractivity contribution in [1.29, 1.82) is 0 Å². The predicted molar refractivity (Wildman–Crippen MR) is 104 cm³/mol. The van der Waals surface area contributed by atoms with E-state index in [0.717, 1.165) is 0 Å². The summed E-state index contributed by atoms with van der Waals surface area (Å²) in [4.78, 5) is 23.5. The minimum absolute atomic E-state index is 0.0360. The molecular formula is C18H18ClN3O5S. The maximum absolute atomic E-state index is 12.9. The molecule has 1 heterocycles. The number of benzene rings is 2. The standard InChI is InChI=1S/C18H18ClN3O5S/c19-15-6-3-13(11-16(15)28(25,26)22-7-9-27-10-8-22)18(24)21-14-4-1-12(2-5-14)17(20)23/h1-6,11H,7-10H2,(H2,20,23)(H,21,24). The normalized spacial score (nSPS) is 15.2. The van der Waals surface area contributed by atoms with Crippen molar-refractivity contribution < 1.29 is 22.7 Å². The van der Waals surface area contributed by atoms with E-state index in [1.807, 2.05) is 0 Å². The van der Waals surface area contributed by atoms with Gasteiger partial charge in [0, 0.05) is 29.9 Å². The van der Waals surface area contributed by atoms with E-state index in [2.05, 4.69) is 5.32 Å². The number of rotatable bonds is 5. The van der Waals surface area contributed by atoms with Gasteiger partial charge in [-0.2, -0.15) is 4.31 Å². The van der Waals surface area contributed by atoms with Gasteiger partial charge in [0.15, 0.2) is 0 Å². The highest BCUT2D eigenvalue weighted by Gasteiger charge is 2.29. The van der Waals surface area contributed by atoms with E-state index in [4.69, 9.17) is 22.1 Å². The van der Waals surface area contributed by atoms with Crippen LogP contribution in [-0.2, 0) is 14.8 Å². The number of ether oxygens (including phenoxy) is 1. The maximum atomic E-state index is 12.9. The molecule has 3 N–H and O–H groups in total. The molecule has 0 aliphatic carbocycles. The summed E-state index contributed by atoms with van der Waals surface area (Å²) < 4.78 is 32.2. The van der Waals surface area contributed by atoms with Crippen molar-refractivity contribution in [1.82, 2.24) is 4.31 Å². The van der Waals surface area contributed by atoms with Crippen LogP contribution in [0.5, 0.6) is 0 Å². The number of carbonyl (C=O) groups excluding carboxylic acids is 2. The van der Waals surface area contributed by atoms with E-state index in [1.165, 1.54) is 46.8 Å². The number of hydrogen-bond donors (Lipinski definition) is 2. The summed E-state index contributed by atoms with van der Waals surface area (Å²) >= 11 is 6.10. The number of halogens is 1. The average molecular weight is 424 g/mol. The zero-order chi connectivity index (χ0) is 20.3. The third-order valence-corrected chi connectivity index (χ3v) is 6.59. The molecule has 3 rings (SSSR count). The second kappa shape index (κ2) is 8.27. The fourth-order valence-corrected chi connectivity index (χ4v) is 4.60. The molecular weight excluding hydrogens is 406 g/mol. The Bertz CT molecular complexity index is 1000. The molecule has 1 saturated heterocycles. The number of nitrogens with zero attached hydrogens (tertiary/aromatic N) is 1. The number of nitrogens with one attached hydrogen (secondary N) is 1. The first-order chi connectivity index (χ1) is 13.3. The minimum atomic E-state index is -3.85. The largest absolute Gasteiger partial charge is 0.379 e. The van der Waals surface area contributed by atoms with Crippen molar-refractivity contribution in [3.05, 3.63) is 58.6 Å². The number of hydrogen-bond acceptors (Lipinski definition) is 5. The first-order valence-electron chi connectivity index (χ1n) is 8.38. The Labute approximate surface area is 167 Å². The number of primary amides is 1. The lowest BCUT2D eigenvalue weighted by atomic mass is 10.1. The fraction of sp³-hybridized carbons (Fsp3) is 0.222. The SMILES string of the molecule is NC(=O)c1ccc(NC(=O)c2ccc(Cl)c(S(=O)(=O)N3CCOCC3)c2)cc1. The summed E-state index contributed by atoms with van der Waals surface area (Å²) in [6, 6.07) is 10.1. The number of carbonyl (C=O) groups is 2. The Balaban J connectivity index is 1.83. The molecule has 10 heteroatoms. The van der Waals surface area contributed by atoms with Gasteiger partial charge in [-0.25, -0.2) is 8.42 Å². The van der Waals surface area contributed by atoms with Gasteiger partial charge in [-0.05, 0) is 42.5 Å². The Kier molecular flexibility index (Phi) is 5.99. The zero-order valence-corrected chi connectivity index (χ0v) is 16.3. The first kappa shape index (κ1) is 20.3. The van der Waals surface area contributed by atoms with Gasteiger partial charge in [0.1, 0.15) is 4.90 Å². The van der Waals surface area contributed by atoms with E-state index in [-0.39, 0.29) is 28.6 Å². The van der Waals surface area contributed by atoms with Crippen LogP contribution in [0.1, 0.15) is 20.7 Å². The number of anilines is 1. The Morgan fingerprint density at radius 3 is 2.25 bits per heavy atom. The van der Waals surface area contributed by atoms with Crippen LogP contribution >= 0.6 is 11.6 Å². The van der Waals surface area contributed by atoms with E-state index in [1.54, 1.807) is 0 Å². The smallest absolute Gasteiger partial charge is 0.255 e. The fourth-order valence-electron chi connectivity index (χ4n) is 2.69. The van der Waals surface area contributed by atoms with Crippen molar-refractivity contribution in [3.63, 3.8) is 0 Å². The molecule has 0 unspecified atom stereocenters. The van der Waals surface area contributed by atoms with Crippen LogP contribution in [0.25, 0.3) is 0 Å². The predicted octanol–water partition coefficient (Wildman–Crippen LogP) is 1.71. The molecule has 1 fully saturated rings. The van der Waals surface area contributed by atoms with Gasteiger partial charge in [0.2, 0.25) is 15.9 Å². The molecule has 8 nitrogen and oxygen atoms in total. The second-order valence-corrected chi connectivity index (χ2v) is 8.37. The van der Waals surface area contributed by atoms with Crippen LogP contribution in [0.2, 0.25) is 5.02 Å². The van der Waals surface area contributed by atoms with Gasteiger partial charge in [-0.15, -0.1) is 0 Å². The molecule has 1 aliphatic rings. The van der Waals surface area contributed by atoms with Crippen LogP contribution in [-0.4, -0.2) is 50.8 Å². The lowest BCUT2D eigenvalue weighted by Crippen LogP contribution is -2.40. The lowest BCUT2D eigenvalue weighted by molar-refractivity contribution is 0.0730. The quantitative estimate of drug-likeness (QED) is 0.758. The minimum Gasteiger partial charge on any atom is -0.379 e. The van der Waals surface area contributed by atoms with Crippen molar-refractivity contribution in [2.75, 3.05) is 31.6 Å². The van der Waals surface area contributed by atoms with E-state index < -0.39 is 21.8 Å². The summed E-state index contributed by atoms with van der Waals surface area (Å²) in [6.07, 6.45) is 0. The molecule has 1 aliphatic heterocycles. The third kappa shape index (κ3) is 4.33. The Morgan fingerprint density at radius 2 is 1.64 bits per heavy atom. The van der Waals surface area contributed by atoms with Gasteiger partial charge in [-0.3, -0.25) is 9.59 Å². The van der Waals surface area contributed by atoms with Crippen LogP contribution in [0, 0.1) is 0 Å². The molecule has 2 aromatic carbocycles. The zero-order valence-electron chi connectivity index (χ0n) is 14.7. The molecule has 0 aromatic heterocycles. The van der Waals surface area contributed by atoms with Gasteiger partial charge < -0.3 is 15.8 Å². The summed E-state index contributed by atoms with van der Waals surface area (Å²) in [6.45, 7) is 1.05. The maximum Gasteiger partial charge on any atom is 0.255 e. The van der Waals surface area contributed by atoms with E-state index in [9.17, 15) is 18.0 Å². The van der Waals surface area contributed by atoms with Gasteiger partial charge in [0.05, 0.1) is 18.2 Å². The molecule has 0 radical (unpaired) electrons. The molecule has 0 bridgehead atoms. The van der Waals surface area contributed by atoms with Crippen LogP contribution in [0.4, 0.5) is 5.69 Å². The average Bonchev–Trinajstić information content (AvgIpc) is 2.69.